The van der Waals surface area contributed by atoms with Crippen LogP contribution in [0.2, 0.25) is 0 Å². The maximum atomic E-state index is 12.3. The lowest BCUT2D eigenvalue weighted by molar-refractivity contribution is 0.0319. The van der Waals surface area contributed by atoms with Crippen LogP contribution < -0.4 is 0 Å². The van der Waals surface area contributed by atoms with Crippen molar-refractivity contribution in [2.24, 2.45) is 0 Å². The Kier molecular flexibility index (Phi) is 3.06. The number of amides is 2. The number of aromatic nitrogens is 1. The van der Waals surface area contributed by atoms with Crippen molar-refractivity contribution in [3.8, 4) is 0 Å². The number of carbonyl (C=O) groups is 2. The summed E-state index contributed by atoms with van der Waals surface area (Å²) >= 11 is 0. The van der Waals surface area contributed by atoms with E-state index in [0.717, 1.165) is 19.3 Å². The molecule has 1 saturated carbocycles. The first-order valence-corrected chi connectivity index (χ1v) is 6.71. The summed E-state index contributed by atoms with van der Waals surface area (Å²) in [7, 11) is 0. The predicted molar refractivity (Wildman–Crippen MR) is 67.6 cm³/mol. The molecule has 1 fully saturated rings. The molecule has 3 rings (SSSR count). The van der Waals surface area contributed by atoms with Crippen LogP contribution in [0.3, 0.4) is 0 Å². The van der Waals surface area contributed by atoms with Crippen LogP contribution in [0.1, 0.15) is 53.0 Å². The Morgan fingerprint density at radius 2 is 1.95 bits per heavy atom. The number of hydrogen-bond donors (Lipinski definition) is 1. The molecule has 5 nitrogen and oxygen atoms in total. The molecule has 0 bridgehead atoms. The van der Waals surface area contributed by atoms with Gasteiger partial charge < -0.3 is 5.11 Å². The topological polar surface area (TPSA) is 70.5 Å². The second kappa shape index (κ2) is 4.74. The molecule has 0 spiro atoms. The first kappa shape index (κ1) is 12.3. The van der Waals surface area contributed by atoms with Crippen molar-refractivity contribution in [3.05, 3.63) is 29.6 Å². The van der Waals surface area contributed by atoms with Gasteiger partial charge in [-0.2, -0.15) is 0 Å². The largest absolute Gasteiger partial charge is 0.391 e. The van der Waals surface area contributed by atoms with E-state index in [9.17, 15) is 14.7 Å². The van der Waals surface area contributed by atoms with Gasteiger partial charge in [0.15, 0.2) is 0 Å². The molecule has 2 amide bonds. The van der Waals surface area contributed by atoms with Crippen molar-refractivity contribution in [3.63, 3.8) is 0 Å². The molecule has 0 aromatic carbocycles. The third kappa shape index (κ3) is 1.94. The molecule has 2 heterocycles. The van der Waals surface area contributed by atoms with Gasteiger partial charge >= 0.3 is 0 Å². The van der Waals surface area contributed by atoms with E-state index < -0.39 is 12.1 Å². The highest BCUT2D eigenvalue weighted by atomic mass is 16.3. The van der Waals surface area contributed by atoms with Crippen LogP contribution in [0.25, 0.3) is 0 Å². The van der Waals surface area contributed by atoms with Gasteiger partial charge in [-0.05, 0) is 25.0 Å². The molecule has 1 N–H and O–H groups in total. The molecular formula is C14H16N2O3. The zero-order chi connectivity index (χ0) is 13.4. The van der Waals surface area contributed by atoms with Crippen molar-refractivity contribution in [1.82, 2.24) is 9.88 Å². The van der Waals surface area contributed by atoms with Crippen LogP contribution in [0.5, 0.6) is 0 Å². The minimum atomic E-state index is -0.621. The van der Waals surface area contributed by atoms with Gasteiger partial charge in [0, 0.05) is 6.20 Å². The van der Waals surface area contributed by atoms with Crippen LogP contribution in [0.4, 0.5) is 0 Å². The molecular weight excluding hydrogens is 244 g/mol. The van der Waals surface area contributed by atoms with Crippen LogP contribution in [0, 0.1) is 0 Å². The van der Waals surface area contributed by atoms with Gasteiger partial charge in [-0.1, -0.05) is 19.3 Å². The number of hydrogen-bond acceptors (Lipinski definition) is 4. The lowest BCUT2D eigenvalue weighted by Gasteiger charge is -2.28. The summed E-state index contributed by atoms with van der Waals surface area (Å²) in [6, 6.07) is 2.86. The average Bonchev–Trinajstić information content (AvgIpc) is 2.57. The number of nitrogens with zero attached hydrogens (tertiary/aromatic N) is 2. The maximum Gasteiger partial charge on any atom is 0.280 e. The molecule has 1 aliphatic heterocycles. The van der Waals surface area contributed by atoms with E-state index in [4.69, 9.17) is 0 Å². The molecule has 2 atom stereocenters. The number of imide groups is 1. The standard InChI is InChI=1S/C14H16N2O3/c17-11-7-3-1-2-6-10(11)16-13(18)9-5-4-8-15-12(9)14(16)19/h4-5,8,10-11,17H,1-3,6-7H2. The van der Waals surface area contributed by atoms with E-state index >= 15 is 0 Å². The molecule has 100 valence electrons. The highest BCUT2D eigenvalue weighted by molar-refractivity contribution is 6.20. The van der Waals surface area contributed by atoms with Crippen molar-refractivity contribution >= 4 is 11.8 Å². The fraction of sp³-hybridized carbons (Fsp3) is 0.500. The van der Waals surface area contributed by atoms with E-state index in [1.807, 2.05) is 0 Å². The van der Waals surface area contributed by atoms with Crippen LogP contribution in [0.15, 0.2) is 18.3 Å². The summed E-state index contributed by atoms with van der Waals surface area (Å²) in [5.41, 5.74) is 0.563. The smallest absolute Gasteiger partial charge is 0.280 e. The normalized spacial score (nSPS) is 27.3. The molecule has 1 aliphatic carbocycles. The monoisotopic (exact) mass is 260 g/mol. The zero-order valence-corrected chi connectivity index (χ0v) is 10.6. The summed E-state index contributed by atoms with van der Waals surface area (Å²) in [6.07, 6.45) is 5.12. The van der Waals surface area contributed by atoms with Crippen molar-refractivity contribution < 1.29 is 14.7 Å². The van der Waals surface area contributed by atoms with Crippen molar-refractivity contribution in [1.29, 1.82) is 0 Å². The Morgan fingerprint density at radius 3 is 2.74 bits per heavy atom. The summed E-state index contributed by atoms with van der Waals surface area (Å²) < 4.78 is 0. The average molecular weight is 260 g/mol. The van der Waals surface area contributed by atoms with Gasteiger partial charge in [-0.25, -0.2) is 0 Å². The van der Waals surface area contributed by atoms with Crippen LogP contribution >= 0.6 is 0 Å². The third-order valence-electron chi connectivity index (χ3n) is 3.95. The minimum absolute atomic E-state index is 0.212. The number of aliphatic hydroxyl groups excluding tert-OH is 1. The van der Waals surface area contributed by atoms with Crippen LogP contribution in [-0.4, -0.2) is 39.0 Å². The van der Waals surface area contributed by atoms with Gasteiger partial charge in [0.1, 0.15) is 5.69 Å². The van der Waals surface area contributed by atoms with Gasteiger partial charge in [0.25, 0.3) is 11.8 Å². The number of pyridine rings is 1. The highest BCUT2D eigenvalue weighted by Gasteiger charge is 2.43. The molecule has 5 heteroatoms. The van der Waals surface area contributed by atoms with Crippen molar-refractivity contribution in [2.45, 2.75) is 44.2 Å². The number of carbonyl (C=O) groups excluding carboxylic acids is 2. The molecule has 0 radical (unpaired) electrons. The fourth-order valence-corrected chi connectivity index (χ4v) is 2.96. The SMILES string of the molecule is O=C1c2cccnc2C(=O)N1C1CCCCCC1O. The summed E-state index contributed by atoms with van der Waals surface area (Å²) in [5.74, 6) is -0.689. The number of rotatable bonds is 1. The van der Waals surface area contributed by atoms with Gasteiger partial charge in [-0.3, -0.25) is 19.5 Å². The fourth-order valence-electron chi connectivity index (χ4n) is 2.96. The first-order valence-electron chi connectivity index (χ1n) is 6.71. The summed E-state index contributed by atoms with van der Waals surface area (Å²) in [5, 5.41) is 10.2. The Bertz CT molecular complexity index is 494. The Hall–Kier alpha value is -1.75. The maximum absolute atomic E-state index is 12.3. The Labute approximate surface area is 111 Å². The quantitative estimate of drug-likeness (QED) is 0.611. The molecule has 0 saturated heterocycles. The molecule has 2 aliphatic rings. The van der Waals surface area contributed by atoms with Crippen molar-refractivity contribution in [2.75, 3.05) is 0 Å². The number of fused-ring (bicyclic) bond motifs is 1. The molecule has 19 heavy (non-hydrogen) atoms. The predicted octanol–water partition coefficient (Wildman–Crippen LogP) is 1.37. The van der Waals surface area contributed by atoms with E-state index in [2.05, 4.69) is 4.98 Å². The molecule has 1 aromatic heterocycles. The van der Waals surface area contributed by atoms with Gasteiger partial charge in [0.2, 0.25) is 0 Å². The molecule has 1 aromatic rings. The minimum Gasteiger partial charge on any atom is -0.391 e. The second-order valence-corrected chi connectivity index (χ2v) is 5.15. The lowest BCUT2D eigenvalue weighted by atomic mass is 10.0. The summed E-state index contributed by atoms with van der Waals surface area (Å²) in [6.45, 7) is 0. The zero-order valence-electron chi connectivity index (χ0n) is 10.6. The van der Waals surface area contributed by atoms with Gasteiger partial charge in [-0.15, -0.1) is 0 Å². The molecule has 2 unspecified atom stereocenters. The van der Waals surface area contributed by atoms with E-state index in [1.165, 1.54) is 11.1 Å². The van der Waals surface area contributed by atoms with Gasteiger partial charge in [0.05, 0.1) is 17.7 Å². The number of aliphatic hydroxyl groups is 1. The Balaban J connectivity index is 1.94. The second-order valence-electron chi connectivity index (χ2n) is 5.15. The Morgan fingerprint density at radius 1 is 1.16 bits per heavy atom. The van der Waals surface area contributed by atoms with E-state index in [0.29, 0.717) is 18.4 Å². The highest BCUT2D eigenvalue weighted by Crippen LogP contribution is 2.29. The van der Waals surface area contributed by atoms with E-state index in [-0.39, 0.29) is 17.5 Å². The van der Waals surface area contributed by atoms with E-state index in [1.54, 1.807) is 12.1 Å². The first-order chi connectivity index (χ1) is 9.20. The third-order valence-corrected chi connectivity index (χ3v) is 3.95. The van der Waals surface area contributed by atoms with Crippen LogP contribution in [-0.2, 0) is 0 Å². The summed E-state index contributed by atoms with van der Waals surface area (Å²) in [4.78, 5) is 29.8. The lowest BCUT2D eigenvalue weighted by Crippen LogP contribution is -2.46.